The van der Waals surface area contributed by atoms with Gasteiger partial charge in [0.15, 0.2) is 6.04 Å². The number of hydrogen-bond acceptors (Lipinski definition) is 5. The van der Waals surface area contributed by atoms with Gasteiger partial charge in [-0.1, -0.05) is 30.7 Å². The van der Waals surface area contributed by atoms with Crippen LogP contribution in [0.4, 0.5) is 0 Å². The van der Waals surface area contributed by atoms with Gasteiger partial charge in [0.2, 0.25) is 11.7 Å². The SMILES string of the molecule is CCC(C(=O)NCCn1c(C)nc2ccccc21)n1nnc(-c2ccc(Cl)cc2)n1. The number of aryl methyl sites for hydroxylation is 1. The summed E-state index contributed by atoms with van der Waals surface area (Å²) in [5.41, 5.74) is 2.81. The number of amides is 1. The molecule has 0 saturated carbocycles. The number of hydrogen-bond donors (Lipinski definition) is 1. The fourth-order valence-corrected chi connectivity index (χ4v) is 3.54. The quantitative estimate of drug-likeness (QED) is 0.491. The Morgan fingerprint density at radius 2 is 1.93 bits per heavy atom. The molecule has 2 heterocycles. The molecule has 4 rings (SSSR count). The van der Waals surface area contributed by atoms with E-state index in [0.717, 1.165) is 22.4 Å². The van der Waals surface area contributed by atoms with E-state index in [9.17, 15) is 4.79 Å². The van der Waals surface area contributed by atoms with Crippen molar-refractivity contribution in [3.05, 3.63) is 59.4 Å². The fraction of sp³-hybridized carbons (Fsp3) is 0.286. The summed E-state index contributed by atoms with van der Waals surface area (Å²) in [6.45, 7) is 5.00. The number of nitrogens with zero attached hydrogens (tertiary/aromatic N) is 6. The number of para-hydroxylation sites is 2. The molecule has 4 aromatic rings. The number of carbonyl (C=O) groups excluding carboxylic acids is 1. The summed E-state index contributed by atoms with van der Waals surface area (Å²) in [7, 11) is 0. The Hall–Kier alpha value is -3.26. The number of rotatable bonds is 7. The number of imidazole rings is 1. The molecule has 1 unspecified atom stereocenters. The van der Waals surface area contributed by atoms with Crippen molar-refractivity contribution in [2.24, 2.45) is 0 Å². The number of aromatic nitrogens is 6. The molecular formula is C21H22ClN7O. The number of nitrogens with one attached hydrogen (secondary N) is 1. The minimum absolute atomic E-state index is 0.139. The first-order valence-electron chi connectivity index (χ1n) is 9.82. The Morgan fingerprint density at radius 3 is 2.70 bits per heavy atom. The van der Waals surface area contributed by atoms with Gasteiger partial charge < -0.3 is 9.88 Å². The van der Waals surface area contributed by atoms with Crippen LogP contribution in [0.25, 0.3) is 22.4 Å². The molecule has 30 heavy (non-hydrogen) atoms. The third kappa shape index (κ3) is 4.04. The molecule has 2 aromatic heterocycles. The van der Waals surface area contributed by atoms with Crippen molar-refractivity contribution in [2.75, 3.05) is 6.54 Å². The highest BCUT2D eigenvalue weighted by molar-refractivity contribution is 6.30. The Morgan fingerprint density at radius 1 is 1.17 bits per heavy atom. The van der Waals surface area contributed by atoms with Gasteiger partial charge in [0.1, 0.15) is 5.82 Å². The van der Waals surface area contributed by atoms with Gasteiger partial charge in [0.25, 0.3) is 0 Å². The van der Waals surface area contributed by atoms with Crippen LogP contribution < -0.4 is 5.32 Å². The molecule has 0 aliphatic carbocycles. The van der Waals surface area contributed by atoms with Gasteiger partial charge in [-0.05, 0) is 55.0 Å². The van der Waals surface area contributed by atoms with Crippen molar-refractivity contribution >= 4 is 28.5 Å². The van der Waals surface area contributed by atoms with Crippen LogP contribution in [0.5, 0.6) is 0 Å². The molecular weight excluding hydrogens is 402 g/mol. The van der Waals surface area contributed by atoms with E-state index in [4.69, 9.17) is 11.6 Å². The lowest BCUT2D eigenvalue weighted by Crippen LogP contribution is -2.35. The molecule has 0 saturated heterocycles. The van der Waals surface area contributed by atoms with Crippen molar-refractivity contribution < 1.29 is 4.79 Å². The van der Waals surface area contributed by atoms with Crippen molar-refractivity contribution in [1.82, 2.24) is 35.1 Å². The minimum Gasteiger partial charge on any atom is -0.352 e. The molecule has 0 spiro atoms. The van der Waals surface area contributed by atoms with E-state index in [1.807, 2.05) is 50.2 Å². The van der Waals surface area contributed by atoms with Crippen LogP contribution in [0.15, 0.2) is 48.5 Å². The zero-order valence-corrected chi connectivity index (χ0v) is 17.5. The van der Waals surface area contributed by atoms with Crippen LogP contribution in [0, 0.1) is 6.92 Å². The van der Waals surface area contributed by atoms with Gasteiger partial charge in [-0.2, -0.15) is 4.80 Å². The number of tetrazole rings is 1. The lowest BCUT2D eigenvalue weighted by atomic mass is 10.2. The molecule has 1 amide bonds. The van der Waals surface area contributed by atoms with Crippen LogP contribution in [-0.2, 0) is 11.3 Å². The molecule has 1 atom stereocenters. The summed E-state index contributed by atoms with van der Waals surface area (Å²) >= 11 is 5.93. The molecule has 0 fully saturated rings. The largest absolute Gasteiger partial charge is 0.352 e. The molecule has 0 aliphatic rings. The van der Waals surface area contributed by atoms with Crippen molar-refractivity contribution in [2.45, 2.75) is 32.9 Å². The highest BCUT2D eigenvalue weighted by atomic mass is 35.5. The first kappa shape index (κ1) is 20.0. The summed E-state index contributed by atoms with van der Waals surface area (Å²) < 4.78 is 2.10. The second kappa shape index (κ2) is 8.62. The zero-order valence-electron chi connectivity index (χ0n) is 16.8. The van der Waals surface area contributed by atoms with Gasteiger partial charge in [-0.15, -0.1) is 10.2 Å². The maximum Gasteiger partial charge on any atom is 0.246 e. The van der Waals surface area contributed by atoms with Crippen molar-refractivity contribution in [3.63, 3.8) is 0 Å². The van der Waals surface area contributed by atoms with E-state index >= 15 is 0 Å². The molecule has 0 bridgehead atoms. The fourth-order valence-electron chi connectivity index (χ4n) is 3.41. The molecule has 9 heteroatoms. The minimum atomic E-state index is -0.529. The lowest BCUT2D eigenvalue weighted by molar-refractivity contribution is -0.125. The Balaban J connectivity index is 1.42. The summed E-state index contributed by atoms with van der Waals surface area (Å²) in [5, 5.41) is 16.2. The normalized spacial score (nSPS) is 12.2. The number of benzene rings is 2. The summed E-state index contributed by atoms with van der Waals surface area (Å²) in [6, 6.07) is 14.6. The second-order valence-corrected chi connectivity index (χ2v) is 7.39. The summed E-state index contributed by atoms with van der Waals surface area (Å²) in [5.74, 6) is 1.24. The predicted molar refractivity (Wildman–Crippen MR) is 115 cm³/mol. The monoisotopic (exact) mass is 423 g/mol. The third-order valence-electron chi connectivity index (χ3n) is 4.98. The lowest BCUT2D eigenvalue weighted by Gasteiger charge is -2.14. The van der Waals surface area contributed by atoms with Crippen molar-refractivity contribution in [3.8, 4) is 11.4 Å². The Bertz CT molecular complexity index is 1170. The van der Waals surface area contributed by atoms with E-state index in [0.29, 0.717) is 30.4 Å². The molecule has 154 valence electrons. The van der Waals surface area contributed by atoms with E-state index < -0.39 is 6.04 Å². The predicted octanol–water partition coefficient (Wildman–Crippen LogP) is 3.42. The van der Waals surface area contributed by atoms with Gasteiger partial charge in [0.05, 0.1) is 11.0 Å². The van der Waals surface area contributed by atoms with Gasteiger partial charge in [0, 0.05) is 23.7 Å². The Labute approximate surface area is 178 Å². The zero-order chi connectivity index (χ0) is 21.1. The van der Waals surface area contributed by atoms with Crippen molar-refractivity contribution in [1.29, 1.82) is 0 Å². The van der Waals surface area contributed by atoms with Crippen LogP contribution in [0.3, 0.4) is 0 Å². The standard InChI is InChI=1S/C21H22ClN7O/c1-3-18(29-26-20(25-27-29)15-8-10-16(22)11-9-15)21(30)23-12-13-28-14(2)24-17-6-4-5-7-19(17)28/h4-11,18H,3,12-13H2,1-2H3,(H,23,30). The van der Waals surface area contributed by atoms with Gasteiger partial charge >= 0.3 is 0 Å². The highest BCUT2D eigenvalue weighted by Gasteiger charge is 2.22. The van der Waals surface area contributed by atoms with E-state index in [1.165, 1.54) is 4.80 Å². The highest BCUT2D eigenvalue weighted by Crippen LogP contribution is 2.19. The molecule has 0 aliphatic heterocycles. The maximum absolute atomic E-state index is 12.8. The smallest absolute Gasteiger partial charge is 0.246 e. The molecule has 0 radical (unpaired) electrons. The van der Waals surface area contributed by atoms with E-state index in [1.54, 1.807) is 12.1 Å². The van der Waals surface area contributed by atoms with Gasteiger partial charge in [-0.3, -0.25) is 4.79 Å². The summed E-state index contributed by atoms with van der Waals surface area (Å²) in [6.07, 6.45) is 0.551. The van der Waals surface area contributed by atoms with Crippen LogP contribution in [0.2, 0.25) is 5.02 Å². The van der Waals surface area contributed by atoms with E-state index in [-0.39, 0.29) is 5.91 Å². The molecule has 8 nitrogen and oxygen atoms in total. The number of carbonyl (C=O) groups is 1. The first-order chi connectivity index (χ1) is 14.6. The Kier molecular flexibility index (Phi) is 5.76. The first-order valence-corrected chi connectivity index (χ1v) is 10.2. The molecule has 2 aromatic carbocycles. The topological polar surface area (TPSA) is 90.5 Å². The van der Waals surface area contributed by atoms with Crippen LogP contribution >= 0.6 is 11.6 Å². The van der Waals surface area contributed by atoms with Gasteiger partial charge in [-0.25, -0.2) is 4.98 Å². The summed E-state index contributed by atoms with van der Waals surface area (Å²) in [4.78, 5) is 18.7. The maximum atomic E-state index is 12.8. The second-order valence-electron chi connectivity index (χ2n) is 6.95. The number of halogens is 1. The molecule has 1 N–H and O–H groups in total. The average molecular weight is 424 g/mol. The van der Waals surface area contributed by atoms with Crippen LogP contribution in [-0.4, -0.2) is 42.2 Å². The van der Waals surface area contributed by atoms with E-state index in [2.05, 4.69) is 30.3 Å². The van der Waals surface area contributed by atoms with Crippen LogP contribution in [0.1, 0.15) is 25.2 Å². The average Bonchev–Trinajstić information content (AvgIpc) is 3.34. The number of fused-ring (bicyclic) bond motifs is 1. The third-order valence-corrected chi connectivity index (χ3v) is 5.23.